The minimum Gasteiger partial charge on any atom is -0.497 e. The summed E-state index contributed by atoms with van der Waals surface area (Å²) < 4.78 is 9.03. The van der Waals surface area contributed by atoms with Crippen LogP contribution in [-0.4, -0.2) is 51.5 Å². The second-order valence-corrected chi connectivity index (χ2v) is 7.89. The second kappa shape index (κ2) is 10.2. The lowest BCUT2D eigenvalue weighted by Crippen LogP contribution is -2.29. The standard InChI is InChI=1S/C25H28N6O3/c1-4-21-24(29(2)25(33)18-7-5-8-20(15-18)34-3)31-16-19(9-10-22(31)28-21)23(32)27-11-6-13-30-14-12-26-17-30/h5,7-10,12,14-17H,4,6,11,13H2,1-3H3,(H,27,32). The summed E-state index contributed by atoms with van der Waals surface area (Å²) in [6.07, 6.45) is 8.55. The Morgan fingerprint density at radius 3 is 2.76 bits per heavy atom. The van der Waals surface area contributed by atoms with Gasteiger partial charge < -0.3 is 14.6 Å². The number of amides is 2. The fourth-order valence-corrected chi connectivity index (χ4v) is 3.84. The van der Waals surface area contributed by atoms with E-state index in [-0.39, 0.29) is 11.8 Å². The van der Waals surface area contributed by atoms with Crippen molar-refractivity contribution in [1.82, 2.24) is 24.3 Å². The number of rotatable bonds is 9. The third kappa shape index (κ3) is 4.78. The van der Waals surface area contributed by atoms with Crippen LogP contribution in [0.4, 0.5) is 5.82 Å². The van der Waals surface area contributed by atoms with Gasteiger partial charge in [0, 0.05) is 44.3 Å². The average molecular weight is 461 g/mol. The molecule has 0 bridgehead atoms. The van der Waals surface area contributed by atoms with Crippen molar-refractivity contribution in [3.8, 4) is 5.75 Å². The smallest absolute Gasteiger partial charge is 0.259 e. The number of nitrogens with one attached hydrogen (secondary N) is 1. The van der Waals surface area contributed by atoms with Crippen molar-refractivity contribution in [2.24, 2.45) is 0 Å². The van der Waals surface area contributed by atoms with Gasteiger partial charge in [0.1, 0.15) is 17.2 Å². The minimum absolute atomic E-state index is 0.174. The number of hydrogen-bond donors (Lipinski definition) is 1. The topological polar surface area (TPSA) is 93.8 Å². The summed E-state index contributed by atoms with van der Waals surface area (Å²) in [6.45, 7) is 3.31. The van der Waals surface area contributed by atoms with Crippen LogP contribution in [0, 0.1) is 0 Å². The SMILES string of the molecule is CCc1nc2ccc(C(=O)NCCCn3ccnc3)cn2c1N(C)C(=O)c1cccc(OC)c1. The third-order valence-electron chi connectivity index (χ3n) is 5.64. The molecule has 0 saturated carbocycles. The number of nitrogens with zero attached hydrogens (tertiary/aromatic N) is 5. The molecule has 0 fully saturated rings. The van der Waals surface area contributed by atoms with Crippen molar-refractivity contribution < 1.29 is 14.3 Å². The highest BCUT2D eigenvalue weighted by Crippen LogP contribution is 2.25. The van der Waals surface area contributed by atoms with Gasteiger partial charge in [-0.3, -0.25) is 18.9 Å². The van der Waals surface area contributed by atoms with Crippen LogP contribution in [0.25, 0.3) is 5.65 Å². The quantitative estimate of drug-likeness (QED) is 0.387. The van der Waals surface area contributed by atoms with Crippen LogP contribution in [0.2, 0.25) is 0 Å². The normalized spacial score (nSPS) is 10.9. The predicted octanol–water partition coefficient (Wildman–Crippen LogP) is 3.20. The van der Waals surface area contributed by atoms with Crippen LogP contribution in [0.3, 0.4) is 0 Å². The highest BCUT2D eigenvalue weighted by atomic mass is 16.5. The van der Waals surface area contributed by atoms with Gasteiger partial charge in [0.05, 0.1) is 24.7 Å². The van der Waals surface area contributed by atoms with E-state index in [1.54, 1.807) is 78.6 Å². The number of benzene rings is 1. The highest BCUT2D eigenvalue weighted by Gasteiger charge is 2.22. The first-order valence-corrected chi connectivity index (χ1v) is 11.2. The van der Waals surface area contributed by atoms with Gasteiger partial charge >= 0.3 is 0 Å². The molecule has 0 radical (unpaired) electrons. The lowest BCUT2D eigenvalue weighted by molar-refractivity contribution is 0.0951. The van der Waals surface area contributed by atoms with E-state index < -0.39 is 0 Å². The Bertz CT molecular complexity index is 1300. The molecule has 0 unspecified atom stereocenters. The Kier molecular flexibility index (Phi) is 6.91. The van der Waals surface area contributed by atoms with Gasteiger partial charge in [-0.1, -0.05) is 13.0 Å². The number of carbonyl (C=O) groups excluding carboxylic acids is 2. The van der Waals surface area contributed by atoms with Crippen LogP contribution in [-0.2, 0) is 13.0 Å². The van der Waals surface area contributed by atoms with Crippen molar-refractivity contribution >= 4 is 23.3 Å². The van der Waals surface area contributed by atoms with Crippen LogP contribution in [0.1, 0.15) is 39.8 Å². The maximum atomic E-state index is 13.3. The molecule has 0 aliphatic carbocycles. The van der Waals surface area contributed by atoms with Gasteiger partial charge in [-0.2, -0.15) is 0 Å². The monoisotopic (exact) mass is 460 g/mol. The Morgan fingerprint density at radius 1 is 1.18 bits per heavy atom. The molecule has 0 aliphatic heterocycles. The van der Waals surface area contributed by atoms with Gasteiger partial charge in [0.15, 0.2) is 0 Å². The maximum absolute atomic E-state index is 13.3. The molecule has 0 atom stereocenters. The molecule has 34 heavy (non-hydrogen) atoms. The summed E-state index contributed by atoms with van der Waals surface area (Å²) in [5.41, 5.74) is 2.45. The van der Waals surface area contributed by atoms with E-state index in [1.807, 2.05) is 17.7 Å². The first-order chi connectivity index (χ1) is 16.5. The number of carbonyl (C=O) groups is 2. The maximum Gasteiger partial charge on any atom is 0.259 e. The number of methoxy groups -OCH3 is 1. The van der Waals surface area contributed by atoms with Crippen LogP contribution in [0.5, 0.6) is 5.75 Å². The van der Waals surface area contributed by atoms with Crippen molar-refractivity contribution in [3.63, 3.8) is 0 Å². The van der Waals surface area contributed by atoms with Crippen molar-refractivity contribution in [2.45, 2.75) is 26.3 Å². The molecule has 4 rings (SSSR count). The molecule has 1 aromatic carbocycles. The lowest BCUT2D eigenvalue weighted by atomic mass is 10.2. The van der Waals surface area contributed by atoms with Gasteiger partial charge in [0.25, 0.3) is 11.8 Å². The summed E-state index contributed by atoms with van der Waals surface area (Å²) in [5, 5.41) is 2.96. The Labute approximate surface area is 198 Å². The van der Waals surface area contributed by atoms with E-state index in [1.165, 1.54) is 0 Å². The molecule has 3 aromatic heterocycles. The van der Waals surface area contributed by atoms with Crippen molar-refractivity contribution in [1.29, 1.82) is 0 Å². The summed E-state index contributed by atoms with van der Waals surface area (Å²) in [5.74, 6) is 0.886. The number of aromatic nitrogens is 4. The zero-order chi connectivity index (χ0) is 24.1. The fourth-order valence-electron chi connectivity index (χ4n) is 3.84. The minimum atomic E-state index is -0.190. The zero-order valence-electron chi connectivity index (χ0n) is 19.6. The molecule has 0 aliphatic rings. The molecule has 3 heterocycles. The summed E-state index contributed by atoms with van der Waals surface area (Å²) >= 11 is 0. The van der Waals surface area contributed by atoms with E-state index in [9.17, 15) is 9.59 Å². The molecule has 9 nitrogen and oxygen atoms in total. The number of hydrogen-bond acceptors (Lipinski definition) is 5. The number of imidazole rings is 2. The fraction of sp³-hybridized carbons (Fsp3) is 0.280. The average Bonchev–Trinajstić information content (AvgIpc) is 3.52. The van der Waals surface area contributed by atoms with Crippen LogP contribution in [0.15, 0.2) is 61.3 Å². The van der Waals surface area contributed by atoms with Gasteiger partial charge in [-0.15, -0.1) is 0 Å². The van der Waals surface area contributed by atoms with Crippen LogP contribution >= 0.6 is 0 Å². The lowest BCUT2D eigenvalue weighted by Gasteiger charge is -2.19. The zero-order valence-corrected chi connectivity index (χ0v) is 19.6. The largest absolute Gasteiger partial charge is 0.497 e. The molecular formula is C25H28N6O3. The second-order valence-electron chi connectivity index (χ2n) is 7.89. The van der Waals surface area contributed by atoms with E-state index in [4.69, 9.17) is 4.74 Å². The molecule has 4 aromatic rings. The van der Waals surface area contributed by atoms with E-state index in [0.717, 1.165) is 18.7 Å². The Hall–Kier alpha value is -4.14. The number of fused-ring (bicyclic) bond motifs is 1. The van der Waals surface area contributed by atoms with Crippen molar-refractivity contribution in [3.05, 3.63) is 78.1 Å². The number of aryl methyl sites for hydroxylation is 2. The first-order valence-electron chi connectivity index (χ1n) is 11.2. The molecule has 1 N–H and O–H groups in total. The highest BCUT2D eigenvalue weighted by molar-refractivity contribution is 6.06. The van der Waals surface area contributed by atoms with E-state index in [2.05, 4.69) is 15.3 Å². The molecular weight excluding hydrogens is 432 g/mol. The van der Waals surface area contributed by atoms with Gasteiger partial charge in [-0.25, -0.2) is 9.97 Å². The summed E-state index contributed by atoms with van der Waals surface area (Å²) in [4.78, 5) is 36.3. The van der Waals surface area contributed by atoms with E-state index >= 15 is 0 Å². The number of pyridine rings is 1. The number of ether oxygens (including phenoxy) is 1. The Morgan fingerprint density at radius 2 is 2.03 bits per heavy atom. The molecule has 9 heteroatoms. The summed E-state index contributed by atoms with van der Waals surface area (Å²) in [7, 11) is 3.28. The molecule has 0 saturated heterocycles. The number of anilines is 1. The van der Waals surface area contributed by atoms with Gasteiger partial charge in [-0.05, 0) is 43.2 Å². The first kappa shape index (κ1) is 23.0. The third-order valence-corrected chi connectivity index (χ3v) is 5.64. The van der Waals surface area contributed by atoms with E-state index in [0.29, 0.717) is 41.3 Å². The van der Waals surface area contributed by atoms with Crippen LogP contribution < -0.4 is 15.0 Å². The predicted molar refractivity (Wildman–Crippen MR) is 129 cm³/mol. The molecule has 2 amide bonds. The van der Waals surface area contributed by atoms with Crippen molar-refractivity contribution in [2.75, 3.05) is 25.6 Å². The van der Waals surface area contributed by atoms with Gasteiger partial charge in [0.2, 0.25) is 0 Å². The molecule has 176 valence electrons. The summed E-state index contributed by atoms with van der Waals surface area (Å²) in [6, 6.07) is 10.6. The Balaban J connectivity index is 1.55. The molecule has 0 spiro atoms.